The van der Waals surface area contributed by atoms with Gasteiger partial charge in [0, 0.05) is 12.1 Å². The summed E-state index contributed by atoms with van der Waals surface area (Å²) in [5.41, 5.74) is 8.06. The summed E-state index contributed by atoms with van der Waals surface area (Å²) in [6, 6.07) is 4.02. The van der Waals surface area contributed by atoms with Crippen molar-refractivity contribution in [3.8, 4) is 28.3 Å². The number of anilines is 1. The summed E-state index contributed by atoms with van der Waals surface area (Å²) in [7, 11) is 0.562. The Morgan fingerprint density at radius 3 is 1.57 bits per heavy atom. The molecule has 6 aromatic rings. The number of nitro groups is 2. The molecule has 18 nitrogen and oxygen atoms in total. The van der Waals surface area contributed by atoms with Gasteiger partial charge in [0.15, 0.2) is 12.0 Å². The molecule has 0 aliphatic carbocycles. The highest BCUT2D eigenvalue weighted by atomic mass is 35.5. The molecule has 6 heterocycles. The molecule has 0 amide bonds. The van der Waals surface area contributed by atoms with Crippen molar-refractivity contribution in [2.75, 3.05) is 5.73 Å². The molecule has 0 saturated carbocycles. The minimum absolute atomic E-state index is 0. The van der Waals surface area contributed by atoms with Crippen LogP contribution in [0.5, 0.6) is 5.75 Å². The molecule has 0 aromatic carbocycles. The Morgan fingerprint density at radius 1 is 0.694 bits per heavy atom. The van der Waals surface area contributed by atoms with Crippen LogP contribution in [0.15, 0.2) is 87.7 Å². The zero-order valence-electron chi connectivity index (χ0n) is 22.9. The second-order valence-electron chi connectivity index (χ2n) is 8.01. The molecule has 23 heteroatoms. The lowest BCUT2D eigenvalue weighted by Gasteiger charge is -1.99. The van der Waals surface area contributed by atoms with E-state index < -0.39 is 9.85 Å². The fourth-order valence-electron chi connectivity index (χ4n) is 2.87. The summed E-state index contributed by atoms with van der Waals surface area (Å²) >= 11 is 22.6. The van der Waals surface area contributed by atoms with Crippen LogP contribution >= 0.6 is 46.4 Å². The summed E-state index contributed by atoms with van der Waals surface area (Å²) in [5, 5.41) is 39.8. The third kappa shape index (κ3) is 13.0. The summed E-state index contributed by atoms with van der Waals surface area (Å²) in [4.78, 5) is 30.8. The largest absolute Gasteiger partial charge is 0.569 e. The Balaban J connectivity index is 0.000000329. The lowest BCUT2D eigenvalue weighted by Crippen LogP contribution is -1.97. The van der Waals surface area contributed by atoms with Gasteiger partial charge in [0.1, 0.15) is 36.3 Å². The second kappa shape index (κ2) is 20.8. The van der Waals surface area contributed by atoms with Crippen molar-refractivity contribution in [3.63, 3.8) is 0 Å². The molecular formula is C26H23BCl4N9O9. The SMILES string of the molecule is C.C.Nc1cnc(-c2cnoc2)c(Cl)c1.O=[N+]([O-])c1cnc(-c2cnoc2)c(Cl)c1.O=[N+]([O-])c1cnc(Cl)c(Cl)c1.O[B]Oc1cnoc1. The number of hydrogen-bond donors (Lipinski definition) is 2. The van der Waals surface area contributed by atoms with Crippen LogP contribution in [-0.4, -0.2) is 53.0 Å². The van der Waals surface area contributed by atoms with Gasteiger partial charge in [-0.1, -0.05) is 76.7 Å². The van der Waals surface area contributed by atoms with Crippen molar-refractivity contribution >= 4 is 71.2 Å². The standard InChI is InChI=1S/C8H4ClN3O3.C8H6ClN3O.C5H2Cl2N2O2.C3H3BNO3.2CH4/c9-7-1-6(12(13)14)3-10-8(7)5-2-11-15-4-5;9-7-1-6(10)3-11-8(7)5-2-12-13-4-5;6-4-1-3(9(10)11)2-8-5(4)7;6-4-8-3-1-5-7-2-3;;/h1-4H;1-4H,10H2;1-2H;1-2,6H;2*1H4. The second-order valence-corrected chi connectivity index (χ2v) is 9.59. The monoisotopic (exact) mass is 756 g/mol. The fraction of sp³-hybridized carbons (Fsp3) is 0.0769. The predicted molar refractivity (Wildman–Crippen MR) is 180 cm³/mol. The highest BCUT2D eigenvalue weighted by molar-refractivity contribution is 6.41. The highest BCUT2D eigenvalue weighted by Gasteiger charge is 2.13. The van der Waals surface area contributed by atoms with E-state index in [1.165, 1.54) is 43.4 Å². The Morgan fingerprint density at radius 2 is 1.16 bits per heavy atom. The van der Waals surface area contributed by atoms with Crippen molar-refractivity contribution < 1.29 is 33.1 Å². The van der Waals surface area contributed by atoms with Crippen molar-refractivity contribution in [3.05, 3.63) is 115 Å². The number of nitrogens with zero attached hydrogens (tertiary/aromatic N) is 8. The normalized spacial score (nSPS) is 9.41. The van der Waals surface area contributed by atoms with Gasteiger partial charge in [-0.05, 0) is 6.07 Å². The molecule has 0 fully saturated rings. The van der Waals surface area contributed by atoms with E-state index in [1.807, 2.05) is 0 Å². The molecule has 257 valence electrons. The van der Waals surface area contributed by atoms with E-state index in [2.05, 4.69) is 48.6 Å². The molecule has 0 aliphatic heterocycles. The van der Waals surface area contributed by atoms with E-state index in [0.717, 1.165) is 24.0 Å². The Bertz CT molecular complexity index is 1890. The lowest BCUT2D eigenvalue weighted by atomic mass is 10.2. The number of aromatic nitrogens is 6. The Hall–Kier alpha value is -5.34. The molecule has 3 N–H and O–H groups in total. The fourth-order valence-corrected chi connectivity index (χ4v) is 3.69. The molecule has 1 radical (unpaired) electrons. The van der Waals surface area contributed by atoms with Crippen LogP contribution in [0.2, 0.25) is 20.2 Å². The molecular weight excluding hydrogens is 735 g/mol. The molecule has 0 aliphatic rings. The van der Waals surface area contributed by atoms with Crippen molar-refractivity contribution in [2.45, 2.75) is 14.9 Å². The van der Waals surface area contributed by atoms with Crippen molar-refractivity contribution in [2.24, 2.45) is 0 Å². The van der Waals surface area contributed by atoms with E-state index in [-0.39, 0.29) is 41.4 Å². The molecule has 6 aromatic heterocycles. The van der Waals surface area contributed by atoms with Crippen LogP contribution in [0.1, 0.15) is 14.9 Å². The van der Waals surface area contributed by atoms with E-state index in [0.29, 0.717) is 41.1 Å². The van der Waals surface area contributed by atoms with Crippen LogP contribution in [-0.2, 0) is 0 Å². The zero-order chi connectivity index (χ0) is 34.3. The topological polar surface area (TPSA) is 259 Å². The van der Waals surface area contributed by atoms with Gasteiger partial charge in [-0.25, -0.2) is 9.97 Å². The van der Waals surface area contributed by atoms with Gasteiger partial charge >= 0.3 is 7.69 Å². The third-order valence-electron chi connectivity index (χ3n) is 4.90. The van der Waals surface area contributed by atoms with Gasteiger partial charge < -0.3 is 29.0 Å². The summed E-state index contributed by atoms with van der Waals surface area (Å²) in [6.07, 6.45) is 12.1. The van der Waals surface area contributed by atoms with E-state index in [9.17, 15) is 20.2 Å². The maximum Gasteiger partial charge on any atom is 0.569 e. The van der Waals surface area contributed by atoms with Gasteiger partial charge in [0.2, 0.25) is 0 Å². The van der Waals surface area contributed by atoms with Crippen LogP contribution in [0.3, 0.4) is 0 Å². The average Bonchev–Trinajstić information content (AvgIpc) is 3.85. The van der Waals surface area contributed by atoms with Crippen molar-refractivity contribution in [1.29, 1.82) is 0 Å². The quantitative estimate of drug-likeness (QED) is 0.0724. The predicted octanol–water partition coefficient (Wildman–Crippen LogP) is 7.42. The summed E-state index contributed by atoms with van der Waals surface area (Å²) in [5.74, 6) is 0.382. The number of halogens is 4. The van der Waals surface area contributed by atoms with E-state index >= 15 is 0 Å². The highest BCUT2D eigenvalue weighted by Crippen LogP contribution is 2.28. The van der Waals surface area contributed by atoms with Gasteiger partial charge in [-0.15, -0.1) is 0 Å². The Labute approximate surface area is 297 Å². The minimum atomic E-state index is -0.588. The maximum atomic E-state index is 10.4. The first kappa shape index (κ1) is 41.7. The van der Waals surface area contributed by atoms with Crippen LogP contribution in [0.25, 0.3) is 22.5 Å². The number of rotatable bonds is 6. The van der Waals surface area contributed by atoms with Gasteiger partial charge in [0.05, 0.1) is 71.7 Å². The Kier molecular flexibility index (Phi) is 17.7. The van der Waals surface area contributed by atoms with Crippen LogP contribution < -0.4 is 10.4 Å². The number of hydrogen-bond acceptors (Lipinski definition) is 16. The maximum absolute atomic E-state index is 10.4. The first-order valence-corrected chi connectivity index (χ1v) is 13.5. The molecule has 0 bridgehead atoms. The van der Waals surface area contributed by atoms with Crippen LogP contribution in [0, 0.1) is 20.2 Å². The summed E-state index contributed by atoms with van der Waals surface area (Å²) in [6.45, 7) is 0. The van der Waals surface area contributed by atoms with Crippen LogP contribution in [0.4, 0.5) is 17.1 Å². The van der Waals surface area contributed by atoms with Crippen molar-refractivity contribution in [1.82, 2.24) is 30.4 Å². The van der Waals surface area contributed by atoms with Gasteiger partial charge in [-0.2, -0.15) is 0 Å². The molecule has 0 atom stereocenters. The number of nitrogens with two attached hydrogens (primary N) is 1. The van der Waals surface area contributed by atoms with E-state index in [4.69, 9.17) is 57.2 Å². The average molecular weight is 758 g/mol. The number of nitrogen functional groups attached to an aromatic ring is 1. The molecule has 0 saturated heterocycles. The molecule has 0 unspecified atom stereocenters. The molecule has 49 heavy (non-hydrogen) atoms. The summed E-state index contributed by atoms with van der Waals surface area (Å²) < 4.78 is 18.1. The number of pyridine rings is 3. The molecule has 0 spiro atoms. The van der Waals surface area contributed by atoms with Gasteiger partial charge in [0.25, 0.3) is 11.4 Å². The zero-order valence-corrected chi connectivity index (χ0v) is 25.9. The van der Waals surface area contributed by atoms with E-state index in [1.54, 1.807) is 12.3 Å². The third-order valence-corrected chi connectivity index (χ3v) is 6.16. The molecule has 6 rings (SSSR count). The van der Waals surface area contributed by atoms with Gasteiger partial charge in [-0.3, -0.25) is 25.2 Å². The smallest absolute Gasteiger partial charge is 0.534 e. The first-order chi connectivity index (χ1) is 22.5. The first-order valence-electron chi connectivity index (χ1n) is 12.0. The minimum Gasteiger partial charge on any atom is -0.534 e. The lowest BCUT2D eigenvalue weighted by molar-refractivity contribution is -0.385.